The molecular weight excluding hydrogens is 274 g/mol. The Balaban J connectivity index is 2.57. The number of rotatable bonds is 7. The van der Waals surface area contributed by atoms with E-state index < -0.39 is 9.71 Å². The highest BCUT2D eigenvalue weighted by atomic mass is 32.2. The highest BCUT2D eigenvalue weighted by Gasteiger charge is 2.28. The summed E-state index contributed by atoms with van der Waals surface area (Å²) in [5.41, 5.74) is 0. The van der Waals surface area contributed by atoms with Gasteiger partial charge < -0.3 is 10.2 Å². The minimum Gasteiger partial charge on any atom is -0.340 e. The van der Waals surface area contributed by atoms with Crippen LogP contribution >= 0.6 is 0 Å². The standard InChI is InChI=1S/C14H29N3O2S/c1-5-6-9-17(13(2)18)14-7-10-16(11-8-14)20(4,19)12-15-3/h14-15H,4-12H2,1-3H3. The van der Waals surface area contributed by atoms with Gasteiger partial charge in [0.25, 0.3) is 0 Å². The molecule has 0 saturated carbocycles. The maximum Gasteiger partial charge on any atom is 0.219 e. The quantitative estimate of drug-likeness (QED) is 0.711. The van der Waals surface area contributed by atoms with Crippen LogP contribution in [0.4, 0.5) is 0 Å². The van der Waals surface area contributed by atoms with Gasteiger partial charge in [0.15, 0.2) is 0 Å². The van der Waals surface area contributed by atoms with Crippen LogP contribution in [0.15, 0.2) is 0 Å². The van der Waals surface area contributed by atoms with Crippen LogP contribution in [0.3, 0.4) is 0 Å². The van der Waals surface area contributed by atoms with Gasteiger partial charge in [-0.25, -0.2) is 4.31 Å². The molecule has 1 N–H and O–H groups in total. The van der Waals surface area contributed by atoms with Crippen molar-refractivity contribution in [1.29, 1.82) is 0 Å². The van der Waals surface area contributed by atoms with E-state index in [1.807, 2.05) is 9.21 Å². The molecule has 1 saturated heterocycles. The van der Waals surface area contributed by atoms with E-state index in [-0.39, 0.29) is 5.91 Å². The van der Waals surface area contributed by atoms with Crippen molar-refractivity contribution >= 4 is 21.5 Å². The van der Waals surface area contributed by atoms with Crippen LogP contribution in [-0.2, 0) is 14.5 Å². The molecule has 1 heterocycles. The molecule has 1 aliphatic rings. The first-order chi connectivity index (χ1) is 9.42. The van der Waals surface area contributed by atoms with Gasteiger partial charge in [-0.3, -0.25) is 9.00 Å². The van der Waals surface area contributed by atoms with Gasteiger partial charge in [0.2, 0.25) is 5.91 Å². The second-order valence-electron chi connectivity index (χ2n) is 5.50. The molecular formula is C14H29N3O2S. The van der Waals surface area contributed by atoms with Gasteiger partial charge in [-0.1, -0.05) is 13.3 Å². The zero-order valence-electron chi connectivity index (χ0n) is 13.1. The lowest BCUT2D eigenvalue weighted by molar-refractivity contribution is -0.131. The third-order valence-corrected chi connectivity index (χ3v) is 5.91. The van der Waals surface area contributed by atoms with Crippen molar-refractivity contribution in [3.05, 3.63) is 0 Å². The molecule has 0 aromatic carbocycles. The van der Waals surface area contributed by atoms with Crippen LogP contribution < -0.4 is 5.32 Å². The minimum absolute atomic E-state index is 0.155. The van der Waals surface area contributed by atoms with Crippen molar-refractivity contribution in [2.24, 2.45) is 0 Å². The average molecular weight is 303 g/mol. The maximum atomic E-state index is 12.4. The lowest BCUT2D eigenvalue weighted by Crippen LogP contribution is -2.49. The molecule has 118 valence electrons. The molecule has 1 amide bonds. The van der Waals surface area contributed by atoms with E-state index in [1.165, 1.54) is 0 Å². The predicted molar refractivity (Wildman–Crippen MR) is 86.1 cm³/mol. The first kappa shape index (κ1) is 17.5. The summed E-state index contributed by atoms with van der Waals surface area (Å²) in [6, 6.07) is 0.292. The lowest BCUT2D eigenvalue weighted by Gasteiger charge is -2.39. The number of hydrogen-bond donors (Lipinski definition) is 1. The van der Waals surface area contributed by atoms with E-state index in [0.29, 0.717) is 11.9 Å². The average Bonchev–Trinajstić information content (AvgIpc) is 2.39. The Labute approximate surface area is 123 Å². The van der Waals surface area contributed by atoms with Crippen LogP contribution in [0, 0.1) is 0 Å². The summed E-state index contributed by atoms with van der Waals surface area (Å²) >= 11 is 0. The monoisotopic (exact) mass is 303 g/mol. The van der Waals surface area contributed by atoms with E-state index in [2.05, 4.69) is 18.1 Å². The van der Waals surface area contributed by atoms with Crippen molar-refractivity contribution in [2.45, 2.75) is 45.6 Å². The Morgan fingerprint density at radius 1 is 1.45 bits per heavy atom. The summed E-state index contributed by atoms with van der Waals surface area (Å²) in [4.78, 5) is 13.8. The van der Waals surface area contributed by atoms with Gasteiger partial charge in [-0.2, -0.15) is 0 Å². The van der Waals surface area contributed by atoms with Crippen molar-refractivity contribution in [3.8, 4) is 0 Å². The van der Waals surface area contributed by atoms with E-state index in [1.54, 1.807) is 14.0 Å². The fraction of sp³-hybridized carbons (Fsp3) is 0.857. The van der Waals surface area contributed by atoms with E-state index in [9.17, 15) is 9.00 Å². The molecule has 1 aliphatic heterocycles. The molecule has 5 nitrogen and oxygen atoms in total. The van der Waals surface area contributed by atoms with E-state index in [0.717, 1.165) is 45.3 Å². The number of hydrogen-bond acceptors (Lipinski definition) is 3. The van der Waals surface area contributed by atoms with Crippen molar-refractivity contribution in [3.63, 3.8) is 0 Å². The molecule has 6 heteroatoms. The number of carbonyl (C=O) groups excluding carboxylic acids is 1. The first-order valence-corrected chi connectivity index (χ1v) is 9.29. The fourth-order valence-electron chi connectivity index (χ4n) is 2.73. The SMILES string of the molecule is C=S(=O)(CNC)N1CCC(N(CCCC)C(C)=O)CC1. The third-order valence-electron chi connectivity index (χ3n) is 3.86. The summed E-state index contributed by atoms with van der Waals surface area (Å²) in [6.07, 6.45) is 3.92. The Morgan fingerprint density at radius 2 is 2.05 bits per heavy atom. The third kappa shape index (κ3) is 4.75. The van der Waals surface area contributed by atoms with Crippen molar-refractivity contribution in [1.82, 2.24) is 14.5 Å². The molecule has 1 unspecified atom stereocenters. The van der Waals surface area contributed by atoms with Crippen LogP contribution in [0.1, 0.15) is 39.5 Å². The van der Waals surface area contributed by atoms with Crippen molar-refractivity contribution in [2.75, 3.05) is 32.6 Å². The van der Waals surface area contributed by atoms with E-state index >= 15 is 0 Å². The Morgan fingerprint density at radius 3 is 2.50 bits per heavy atom. The van der Waals surface area contributed by atoms with Gasteiger partial charge in [0, 0.05) is 42.3 Å². The van der Waals surface area contributed by atoms with Crippen LogP contribution in [0.2, 0.25) is 0 Å². The smallest absolute Gasteiger partial charge is 0.219 e. The minimum atomic E-state index is -2.20. The molecule has 1 atom stereocenters. The Kier molecular flexibility index (Phi) is 6.99. The number of carbonyl (C=O) groups is 1. The topological polar surface area (TPSA) is 52.7 Å². The number of piperidine rings is 1. The molecule has 0 radical (unpaired) electrons. The van der Waals surface area contributed by atoms with Crippen LogP contribution in [0.5, 0.6) is 0 Å². The second-order valence-corrected chi connectivity index (χ2v) is 7.85. The molecule has 0 aromatic heterocycles. The summed E-state index contributed by atoms with van der Waals surface area (Å²) in [5, 5.41) is 2.94. The molecule has 0 spiro atoms. The maximum absolute atomic E-state index is 12.4. The van der Waals surface area contributed by atoms with Gasteiger partial charge >= 0.3 is 0 Å². The Hall–Kier alpha value is -0.590. The zero-order valence-corrected chi connectivity index (χ0v) is 13.9. The largest absolute Gasteiger partial charge is 0.340 e. The lowest BCUT2D eigenvalue weighted by atomic mass is 10.0. The summed E-state index contributed by atoms with van der Waals surface area (Å²) in [6.45, 7) is 6.13. The molecule has 1 rings (SSSR count). The molecule has 0 aliphatic carbocycles. The summed E-state index contributed by atoms with van der Waals surface area (Å²) in [5.74, 6) is 4.42. The number of unbranched alkanes of at least 4 members (excludes halogenated alkanes) is 1. The highest BCUT2D eigenvalue weighted by Crippen LogP contribution is 2.19. The van der Waals surface area contributed by atoms with Crippen LogP contribution in [0.25, 0.3) is 0 Å². The first-order valence-electron chi connectivity index (χ1n) is 7.44. The normalized spacial score (nSPS) is 20.6. The van der Waals surface area contributed by atoms with Crippen molar-refractivity contribution < 1.29 is 9.00 Å². The Bertz CT molecular complexity index is 401. The molecule has 0 aromatic rings. The van der Waals surface area contributed by atoms with Gasteiger partial charge in [-0.15, -0.1) is 0 Å². The van der Waals surface area contributed by atoms with Gasteiger partial charge in [0.05, 0.1) is 5.88 Å². The van der Waals surface area contributed by atoms with E-state index in [4.69, 9.17) is 0 Å². The molecule has 0 bridgehead atoms. The van der Waals surface area contributed by atoms with Gasteiger partial charge in [-0.05, 0) is 32.2 Å². The number of nitrogens with zero attached hydrogens (tertiary/aromatic N) is 2. The number of nitrogens with one attached hydrogen (secondary N) is 1. The predicted octanol–water partition coefficient (Wildman–Crippen LogP) is 0.908. The zero-order chi connectivity index (χ0) is 15.2. The molecule has 1 fully saturated rings. The number of amides is 1. The second kappa shape index (κ2) is 8.00. The summed E-state index contributed by atoms with van der Waals surface area (Å²) in [7, 11) is -0.409. The van der Waals surface area contributed by atoms with Crippen LogP contribution in [-0.4, -0.2) is 63.8 Å². The van der Waals surface area contributed by atoms with Gasteiger partial charge in [0.1, 0.15) is 0 Å². The molecule has 20 heavy (non-hydrogen) atoms. The highest BCUT2D eigenvalue weighted by molar-refractivity contribution is 7.98. The fourth-order valence-corrected chi connectivity index (χ4v) is 4.24. The summed E-state index contributed by atoms with van der Waals surface area (Å²) < 4.78 is 14.4.